The van der Waals surface area contributed by atoms with Crippen LogP contribution in [0.2, 0.25) is 0 Å². The molecule has 1 N–H and O–H groups in total. The molecule has 33 heavy (non-hydrogen) atoms. The van der Waals surface area contributed by atoms with Crippen LogP contribution < -0.4 is 0 Å². The van der Waals surface area contributed by atoms with Crippen molar-refractivity contribution in [3.8, 4) is 0 Å². The molecule has 1 aromatic heterocycles. The van der Waals surface area contributed by atoms with Crippen LogP contribution in [0.5, 0.6) is 0 Å². The molecule has 2 heterocycles. The molecule has 0 bridgehead atoms. The number of nitrogens with one attached hydrogen (secondary N) is 1. The van der Waals surface area contributed by atoms with Crippen LogP contribution in [0.4, 0.5) is 0 Å². The summed E-state index contributed by atoms with van der Waals surface area (Å²) in [7, 11) is 2.02. The number of aromatic nitrogens is 1. The zero-order valence-electron chi connectivity index (χ0n) is 19.4. The van der Waals surface area contributed by atoms with E-state index in [4.69, 9.17) is 5.41 Å². The van der Waals surface area contributed by atoms with Gasteiger partial charge >= 0.3 is 0 Å². The molecule has 1 aliphatic carbocycles. The fraction of sp³-hybridized carbons (Fsp3) is 0.407. The summed E-state index contributed by atoms with van der Waals surface area (Å²) < 4.78 is 1.16. The molecule has 2 aromatic carbocycles. The molecule has 172 valence electrons. The standard InChI is InChI=1S/C27H31BrN4S/c1-19-7-12-23-24(5-3-6-25(23)30-19)26(29)31(2)18-33-14-4-13-32-16-21-15-27(21,17-32)20-8-10-22(28)11-9-20/h3,5-12,21,29H,4,13-18H2,1-2H3/t21-,27+/m1/s1. The molecule has 2 fully saturated rings. The molecule has 2 aliphatic rings. The van der Waals surface area contributed by atoms with Crippen LogP contribution in [0.3, 0.4) is 0 Å². The maximum atomic E-state index is 8.71. The topological polar surface area (TPSA) is 43.2 Å². The molecule has 0 amide bonds. The first-order chi connectivity index (χ1) is 16.0. The highest BCUT2D eigenvalue weighted by molar-refractivity contribution is 9.10. The van der Waals surface area contributed by atoms with E-state index in [0.717, 1.165) is 44.2 Å². The van der Waals surface area contributed by atoms with Gasteiger partial charge in [-0.15, -0.1) is 11.8 Å². The molecular formula is C27H31BrN4S. The van der Waals surface area contributed by atoms with Crippen LogP contribution in [0.1, 0.15) is 29.7 Å². The molecule has 0 radical (unpaired) electrons. The van der Waals surface area contributed by atoms with Gasteiger partial charge in [0.05, 0.1) is 11.4 Å². The summed E-state index contributed by atoms with van der Waals surface area (Å²) in [5.74, 6) is 3.37. The number of hydrogen-bond acceptors (Lipinski definition) is 4. The Morgan fingerprint density at radius 2 is 2.03 bits per heavy atom. The number of benzene rings is 2. The number of amidine groups is 1. The molecule has 0 spiro atoms. The van der Waals surface area contributed by atoms with Gasteiger partial charge in [-0.2, -0.15) is 0 Å². The van der Waals surface area contributed by atoms with Gasteiger partial charge in [0.2, 0.25) is 0 Å². The SMILES string of the molecule is Cc1ccc2c(C(=N)N(C)CSCCCN3C[C@H]4C[C@@]4(c4ccc(Br)cc4)C3)cccc2n1. The summed E-state index contributed by atoms with van der Waals surface area (Å²) in [5.41, 5.74) is 4.87. The van der Waals surface area contributed by atoms with Crippen LogP contribution in [-0.2, 0) is 5.41 Å². The lowest BCUT2D eigenvalue weighted by molar-refractivity contribution is 0.299. The summed E-state index contributed by atoms with van der Waals surface area (Å²) in [6, 6.07) is 19.1. The quantitative estimate of drug-likeness (QED) is 0.172. The third-order valence-electron chi connectivity index (χ3n) is 7.19. The molecule has 4 nitrogen and oxygen atoms in total. The lowest BCUT2D eigenvalue weighted by Gasteiger charge is -2.22. The second-order valence-corrected chi connectivity index (χ2v) is 11.6. The van der Waals surface area contributed by atoms with Crippen molar-refractivity contribution in [2.45, 2.75) is 25.2 Å². The summed E-state index contributed by atoms with van der Waals surface area (Å²) in [5, 5.41) is 9.76. The van der Waals surface area contributed by atoms with Gasteiger partial charge in [-0.05, 0) is 67.8 Å². The number of halogens is 1. The third-order valence-corrected chi connectivity index (χ3v) is 8.87. The van der Waals surface area contributed by atoms with Gasteiger partial charge < -0.3 is 9.80 Å². The smallest absolute Gasteiger partial charge is 0.129 e. The van der Waals surface area contributed by atoms with Crippen molar-refractivity contribution in [3.05, 3.63) is 75.9 Å². The Morgan fingerprint density at radius 1 is 1.21 bits per heavy atom. The number of nitrogens with zero attached hydrogens (tertiary/aromatic N) is 3. The maximum absolute atomic E-state index is 8.71. The largest absolute Gasteiger partial charge is 0.350 e. The Balaban J connectivity index is 1.07. The number of rotatable bonds is 8. The Labute approximate surface area is 209 Å². The highest BCUT2D eigenvalue weighted by Crippen LogP contribution is 2.59. The number of thioether (sulfide) groups is 1. The number of piperidine rings is 1. The predicted octanol–water partition coefficient (Wildman–Crippen LogP) is 5.92. The van der Waals surface area contributed by atoms with Crippen molar-refractivity contribution in [1.29, 1.82) is 5.41 Å². The van der Waals surface area contributed by atoms with Gasteiger partial charge in [0.15, 0.2) is 0 Å². The van der Waals surface area contributed by atoms with Crippen LogP contribution in [-0.4, -0.2) is 58.9 Å². The Morgan fingerprint density at radius 3 is 2.85 bits per heavy atom. The average Bonchev–Trinajstić information content (AvgIpc) is 3.39. The molecule has 3 aromatic rings. The summed E-state index contributed by atoms with van der Waals surface area (Å²) >= 11 is 5.48. The lowest BCUT2D eigenvalue weighted by Crippen LogP contribution is -2.28. The van der Waals surface area contributed by atoms with E-state index in [1.54, 1.807) is 0 Å². The monoisotopic (exact) mass is 522 g/mol. The lowest BCUT2D eigenvalue weighted by atomic mass is 9.95. The first kappa shape index (κ1) is 22.9. The second kappa shape index (κ2) is 9.40. The van der Waals surface area contributed by atoms with E-state index < -0.39 is 0 Å². The van der Waals surface area contributed by atoms with E-state index in [0.29, 0.717) is 11.3 Å². The molecule has 1 saturated heterocycles. The molecule has 2 atom stereocenters. The van der Waals surface area contributed by atoms with Crippen LogP contribution in [0.15, 0.2) is 59.1 Å². The van der Waals surface area contributed by atoms with Crippen molar-refractivity contribution in [3.63, 3.8) is 0 Å². The minimum atomic E-state index is 0.426. The summed E-state index contributed by atoms with van der Waals surface area (Å²) in [6.45, 7) is 5.65. The van der Waals surface area contributed by atoms with E-state index in [-0.39, 0.29) is 0 Å². The average molecular weight is 524 g/mol. The van der Waals surface area contributed by atoms with E-state index in [2.05, 4.69) is 56.1 Å². The van der Waals surface area contributed by atoms with Crippen LogP contribution in [0, 0.1) is 18.3 Å². The van der Waals surface area contributed by atoms with Gasteiger partial charge in [0.1, 0.15) is 5.84 Å². The normalized spacial score (nSPS) is 21.8. The van der Waals surface area contributed by atoms with Gasteiger partial charge in [-0.1, -0.05) is 46.3 Å². The molecule has 1 aliphatic heterocycles. The van der Waals surface area contributed by atoms with E-state index in [1.807, 2.05) is 54.9 Å². The number of aryl methyl sites for hydroxylation is 1. The maximum Gasteiger partial charge on any atom is 0.129 e. The Bertz CT molecular complexity index is 1160. The fourth-order valence-corrected chi connectivity index (χ4v) is 6.44. The van der Waals surface area contributed by atoms with E-state index >= 15 is 0 Å². The van der Waals surface area contributed by atoms with Gasteiger partial charge in [-0.25, -0.2) is 0 Å². The molecule has 5 rings (SSSR count). The molecule has 6 heteroatoms. The predicted molar refractivity (Wildman–Crippen MR) is 143 cm³/mol. The van der Waals surface area contributed by atoms with Crippen LogP contribution >= 0.6 is 27.7 Å². The zero-order chi connectivity index (χ0) is 23.0. The minimum Gasteiger partial charge on any atom is -0.350 e. The summed E-state index contributed by atoms with van der Waals surface area (Å²) in [6.07, 6.45) is 2.56. The number of likely N-dealkylation sites (tertiary alicyclic amines) is 1. The third kappa shape index (κ3) is 4.71. The number of fused-ring (bicyclic) bond motifs is 2. The minimum absolute atomic E-state index is 0.426. The molecular weight excluding hydrogens is 492 g/mol. The second-order valence-electron chi connectivity index (χ2n) is 9.56. The van der Waals surface area contributed by atoms with Gasteiger partial charge in [0.25, 0.3) is 0 Å². The molecule has 0 unspecified atom stereocenters. The molecule has 1 saturated carbocycles. The Kier molecular flexibility index (Phi) is 6.51. The van der Waals surface area contributed by atoms with Crippen molar-refractivity contribution in [1.82, 2.24) is 14.8 Å². The first-order valence-electron chi connectivity index (χ1n) is 11.7. The van der Waals surface area contributed by atoms with Crippen molar-refractivity contribution < 1.29 is 0 Å². The van der Waals surface area contributed by atoms with Gasteiger partial charge in [0, 0.05) is 46.7 Å². The van der Waals surface area contributed by atoms with Crippen molar-refractivity contribution in [2.24, 2.45) is 5.92 Å². The highest BCUT2D eigenvalue weighted by Gasteiger charge is 2.60. The van der Waals surface area contributed by atoms with Gasteiger partial charge in [-0.3, -0.25) is 10.4 Å². The first-order valence-corrected chi connectivity index (χ1v) is 13.6. The zero-order valence-corrected chi connectivity index (χ0v) is 21.8. The fourth-order valence-electron chi connectivity index (χ4n) is 5.31. The van der Waals surface area contributed by atoms with Crippen molar-refractivity contribution >= 4 is 44.4 Å². The Hall–Kier alpha value is -1.89. The van der Waals surface area contributed by atoms with E-state index in [1.165, 1.54) is 38.0 Å². The summed E-state index contributed by atoms with van der Waals surface area (Å²) in [4.78, 5) is 9.32. The highest BCUT2D eigenvalue weighted by atomic mass is 79.9. The van der Waals surface area contributed by atoms with Crippen molar-refractivity contribution in [2.75, 3.05) is 38.3 Å². The van der Waals surface area contributed by atoms with E-state index in [9.17, 15) is 0 Å². The van der Waals surface area contributed by atoms with Crippen LogP contribution in [0.25, 0.3) is 10.9 Å². The number of hydrogen-bond donors (Lipinski definition) is 1. The number of pyridine rings is 1.